The molecule has 0 fully saturated rings. The first-order valence-electron chi connectivity index (χ1n) is 4.38. The van der Waals surface area contributed by atoms with E-state index in [9.17, 15) is 0 Å². The van der Waals surface area contributed by atoms with Crippen molar-refractivity contribution in [2.75, 3.05) is 13.6 Å². The Bertz CT molecular complexity index is 294. The molecular formula is C10H14N2. The van der Waals surface area contributed by atoms with Gasteiger partial charge in [-0.25, -0.2) is 0 Å². The van der Waals surface area contributed by atoms with E-state index in [1.54, 1.807) is 0 Å². The standard InChI is InChI=1S/C10H14N2/c1-8-5-9-3-4-12(2)7-10(9)11-6-8/h5-6H,3-4,7H2,1-2H3. The van der Waals surface area contributed by atoms with Gasteiger partial charge < -0.3 is 4.90 Å². The van der Waals surface area contributed by atoms with Gasteiger partial charge in [0.05, 0.1) is 5.69 Å². The molecule has 1 aliphatic rings. The van der Waals surface area contributed by atoms with E-state index in [1.165, 1.54) is 16.8 Å². The minimum atomic E-state index is 1.01. The lowest BCUT2D eigenvalue weighted by Gasteiger charge is -2.23. The fourth-order valence-electron chi connectivity index (χ4n) is 1.66. The predicted octanol–water partition coefficient (Wildman–Crippen LogP) is 1.38. The molecule has 2 heterocycles. The van der Waals surface area contributed by atoms with Gasteiger partial charge in [0, 0.05) is 19.3 Å². The average Bonchev–Trinajstić information content (AvgIpc) is 2.05. The van der Waals surface area contributed by atoms with Crippen LogP contribution in [0, 0.1) is 6.92 Å². The van der Waals surface area contributed by atoms with Gasteiger partial charge in [-0.3, -0.25) is 4.98 Å². The molecule has 0 unspecified atom stereocenters. The zero-order valence-electron chi connectivity index (χ0n) is 7.67. The first-order chi connectivity index (χ1) is 5.75. The van der Waals surface area contributed by atoms with Crippen molar-refractivity contribution in [1.82, 2.24) is 9.88 Å². The van der Waals surface area contributed by atoms with E-state index in [-0.39, 0.29) is 0 Å². The van der Waals surface area contributed by atoms with E-state index in [0.29, 0.717) is 0 Å². The van der Waals surface area contributed by atoms with Crippen LogP contribution in [0.4, 0.5) is 0 Å². The Balaban J connectivity index is 2.37. The van der Waals surface area contributed by atoms with Gasteiger partial charge in [0.15, 0.2) is 0 Å². The molecule has 0 N–H and O–H groups in total. The maximum atomic E-state index is 4.43. The summed E-state index contributed by atoms with van der Waals surface area (Å²) in [6.07, 6.45) is 3.11. The van der Waals surface area contributed by atoms with Crippen LogP contribution >= 0.6 is 0 Å². The van der Waals surface area contributed by atoms with E-state index >= 15 is 0 Å². The highest BCUT2D eigenvalue weighted by Gasteiger charge is 2.13. The predicted molar refractivity (Wildman–Crippen MR) is 49.0 cm³/mol. The molecule has 0 saturated heterocycles. The Kier molecular flexibility index (Phi) is 1.85. The minimum Gasteiger partial charge on any atom is -0.300 e. The van der Waals surface area contributed by atoms with Gasteiger partial charge in [0.2, 0.25) is 0 Å². The third-order valence-electron chi connectivity index (χ3n) is 2.38. The van der Waals surface area contributed by atoms with E-state index in [4.69, 9.17) is 0 Å². The molecule has 0 saturated carbocycles. The maximum Gasteiger partial charge on any atom is 0.0576 e. The zero-order chi connectivity index (χ0) is 8.55. The normalized spacial score (nSPS) is 17.5. The van der Waals surface area contributed by atoms with Crippen LogP contribution in [-0.4, -0.2) is 23.5 Å². The van der Waals surface area contributed by atoms with Gasteiger partial charge >= 0.3 is 0 Å². The Morgan fingerprint density at radius 2 is 2.33 bits per heavy atom. The van der Waals surface area contributed by atoms with Crippen LogP contribution in [-0.2, 0) is 13.0 Å². The fourth-order valence-corrected chi connectivity index (χ4v) is 1.66. The van der Waals surface area contributed by atoms with Crippen molar-refractivity contribution < 1.29 is 0 Å². The molecule has 0 amide bonds. The number of fused-ring (bicyclic) bond motifs is 1. The minimum absolute atomic E-state index is 1.01. The summed E-state index contributed by atoms with van der Waals surface area (Å²) in [5.41, 5.74) is 3.97. The zero-order valence-corrected chi connectivity index (χ0v) is 7.67. The molecule has 2 rings (SSSR count). The van der Waals surface area contributed by atoms with E-state index in [1.807, 2.05) is 6.20 Å². The third kappa shape index (κ3) is 1.34. The summed E-state index contributed by atoms with van der Waals surface area (Å²) in [6, 6.07) is 2.26. The summed E-state index contributed by atoms with van der Waals surface area (Å²) in [7, 11) is 2.14. The molecule has 1 aromatic rings. The summed E-state index contributed by atoms with van der Waals surface area (Å²) in [4.78, 5) is 6.74. The number of hydrogen-bond acceptors (Lipinski definition) is 2. The van der Waals surface area contributed by atoms with Crippen LogP contribution in [0.2, 0.25) is 0 Å². The lowest BCUT2D eigenvalue weighted by Crippen LogP contribution is -2.27. The van der Waals surface area contributed by atoms with E-state index in [2.05, 4.69) is 29.9 Å². The van der Waals surface area contributed by atoms with Crippen LogP contribution in [0.15, 0.2) is 12.3 Å². The third-order valence-corrected chi connectivity index (χ3v) is 2.38. The van der Waals surface area contributed by atoms with Gasteiger partial charge in [-0.2, -0.15) is 0 Å². The summed E-state index contributed by atoms with van der Waals surface area (Å²) < 4.78 is 0. The Morgan fingerprint density at radius 1 is 1.50 bits per heavy atom. The molecule has 0 aliphatic carbocycles. The largest absolute Gasteiger partial charge is 0.300 e. The Hall–Kier alpha value is -0.890. The monoisotopic (exact) mass is 162 g/mol. The molecule has 0 radical (unpaired) electrons. The first kappa shape index (κ1) is 7.74. The van der Waals surface area contributed by atoms with Crippen molar-refractivity contribution in [2.24, 2.45) is 0 Å². The van der Waals surface area contributed by atoms with Gasteiger partial charge in [0.1, 0.15) is 0 Å². The number of likely N-dealkylation sites (N-methyl/N-ethyl adjacent to an activating group) is 1. The lowest BCUT2D eigenvalue weighted by atomic mass is 10.0. The lowest BCUT2D eigenvalue weighted by molar-refractivity contribution is 0.307. The number of aromatic nitrogens is 1. The van der Waals surface area contributed by atoms with Crippen LogP contribution in [0.3, 0.4) is 0 Å². The molecule has 64 valence electrons. The van der Waals surface area contributed by atoms with Gasteiger partial charge in [-0.15, -0.1) is 0 Å². The Labute approximate surface area is 73.2 Å². The topological polar surface area (TPSA) is 16.1 Å². The summed E-state index contributed by atoms with van der Waals surface area (Å²) in [5.74, 6) is 0. The van der Waals surface area contributed by atoms with Crippen LogP contribution in [0.5, 0.6) is 0 Å². The molecule has 0 bridgehead atoms. The van der Waals surface area contributed by atoms with Crippen LogP contribution < -0.4 is 0 Å². The molecule has 1 aliphatic heterocycles. The molecule has 0 atom stereocenters. The molecule has 0 spiro atoms. The number of pyridine rings is 1. The second kappa shape index (κ2) is 2.87. The first-order valence-corrected chi connectivity index (χ1v) is 4.38. The van der Waals surface area contributed by atoms with Crippen molar-refractivity contribution in [3.05, 3.63) is 29.1 Å². The van der Waals surface area contributed by atoms with Gasteiger partial charge in [0.25, 0.3) is 0 Å². The molecule has 2 nitrogen and oxygen atoms in total. The summed E-state index contributed by atoms with van der Waals surface area (Å²) in [5, 5.41) is 0. The Morgan fingerprint density at radius 3 is 3.17 bits per heavy atom. The second-order valence-corrected chi connectivity index (χ2v) is 3.61. The van der Waals surface area contributed by atoms with Gasteiger partial charge in [-0.05, 0) is 31.5 Å². The highest BCUT2D eigenvalue weighted by Crippen LogP contribution is 2.15. The highest BCUT2D eigenvalue weighted by atomic mass is 15.1. The highest BCUT2D eigenvalue weighted by molar-refractivity contribution is 5.26. The van der Waals surface area contributed by atoms with Crippen molar-refractivity contribution in [3.8, 4) is 0 Å². The number of rotatable bonds is 0. The van der Waals surface area contributed by atoms with Crippen molar-refractivity contribution in [3.63, 3.8) is 0 Å². The SMILES string of the molecule is Cc1cnc2c(c1)CCN(C)C2. The van der Waals surface area contributed by atoms with Crippen molar-refractivity contribution >= 4 is 0 Å². The average molecular weight is 162 g/mol. The second-order valence-electron chi connectivity index (χ2n) is 3.61. The van der Waals surface area contributed by atoms with E-state index in [0.717, 1.165) is 19.5 Å². The van der Waals surface area contributed by atoms with Crippen molar-refractivity contribution in [2.45, 2.75) is 19.9 Å². The maximum absolute atomic E-state index is 4.43. The smallest absolute Gasteiger partial charge is 0.0576 e. The molecule has 12 heavy (non-hydrogen) atoms. The molecule has 0 aromatic carbocycles. The number of aryl methyl sites for hydroxylation is 1. The fraction of sp³-hybridized carbons (Fsp3) is 0.500. The molecular weight excluding hydrogens is 148 g/mol. The number of hydrogen-bond donors (Lipinski definition) is 0. The molecule has 2 heteroatoms. The van der Waals surface area contributed by atoms with E-state index < -0.39 is 0 Å². The summed E-state index contributed by atoms with van der Waals surface area (Å²) in [6.45, 7) is 4.28. The van der Waals surface area contributed by atoms with Gasteiger partial charge in [-0.1, -0.05) is 6.07 Å². The van der Waals surface area contributed by atoms with Crippen LogP contribution in [0.1, 0.15) is 16.8 Å². The quantitative estimate of drug-likeness (QED) is 0.573. The van der Waals surface area contributed by atoms with Crippen LogP contribution in [0.25, 0.3) is 0 Å². The van der Waals surface area contributed by atoms with Crippen molar-refractivity contribution in [1.29, 1.82) is 0 Å². The number of nitrogens with zero attached hydrogens (tertiary/aromatic N) is 2. The summed E-state index contributed by atoms with van der Waals surface area (Å²) >= 11 is 0. The molecule has 1 aromatic heterocycles.